The maximum atomic E-state index is 14.2. The monoisotopic (exact) mass is 673 g/mol. The largest absolute Gasteiger partial charge is 0.451 e. The molecule has 2 rings (SSSR count). The van der Waals surface area contributed by atoms with Gasteiger partial charge in [0.15, 0.2) is 18.3 Å². The van der Waals surface area contributed by atoms with Crippen molar-refractivity contribution in [3.63, 3.8) is 0 Å². The van der Waals surface area contributed by atoms with Crippen molar-refractivity contribution in [2.24, 2.45) is 17.8 Å². The Bertz CT molecular complexity index is 1270. The summed E-state index contributed by atoms with van der Waals surface area (Å²) in [6, 6.07) is 5.69. The average Bonchev–Trinajstić information content (AvgIpc) is 3.02. The van der Waals surface area contributed by atoms with Gasteiger partial charge >= 0.3 is 17.9 Å². The number of likely N-dealkylation sites (N-methyl/N-ethyl adjacent to an activating group) is 3. The van der Waals surface area contributed by atoms with Crippen molar-refractivity contribution in [1.29, 1.82) is 0 Å². The Balaban J connectivity index is 2.69. The van der Waals surface area contributed by atoms with Gasteiger partial charge in [0.05, 0.1) is 0 Å². The molecule has 0 aromatic heterocycles. The fourth-order valence-electron chi connectivity index (χ4n) is 5.67. The van der Waals surface area contributed by atoms with Crippen LogP contribution < -0.4 is 0 Å². The highest BCUT2D eigenvalue weighted by atomic mass is 16.6. The van der Waals surface area contributed by atoms with Crippen molar-refractivity contribution in [1.82, 2.24) is 14.7 Å². The van der Waals surface area contributed by atoms with Gasteiger partial charge < -0.3 is 28.9 Å². The number of carbonyl (C=O) groups excluding carboxylic acids is 6. The minimum atomic E-state index is -1.35. The summed E-state index contributed by atoms with van der Waals surface area (Å²) < 4.78 is 17.2. The number of nitrogens with zero attached hydrogens (tertiary/aromatic N) is 3. The van der Waals surface area contributed by atoms with Crippen LogP contribution in [0, 0.1) is 17.8 Å². The molecule has 48 heavy (non-hydrogen) atoms. The number of ether oxygens (including phenoxy) is 3. The first-order valence-electron chi connectivity index (χ1n) is 16.8. The summed E-state index contributed by atoms with van der Waals surface area (Å²) in [6.45, 7) is 14.1. The summed E-state index contributed by atoms with van der Waals surface area (Å²) in [6.07, 6.45) is -3.31. The Morgan fingerprint density at radius 2 is 0.875 bits per heavy atom. The van der Waals surface area contributed by atoms with Crippen LogP contribution in [0.1, 0.15) is 80.2 Å². The van der Waals surface area contributed by atoms with Crippen molar-refractivity contribution in [3.05, 3.63) is 35.9 Å². The van der Waals surface area contributed by atoms with Crippen molar-refractivity contribution < 1.29 is 43.0 Å². The van der Waals surface area contributed by atoms with E-state index in [1.165, 1.54) is 49.7 Å². The molecule has 1 aliphatic rings. The van der Waals surface area contributed by atoms with Gasteiger partial charge in [-0.2, -0.15) is 0 Å². The first kappa shape index (κ1) is 40.2. The number of carbonyl (C=O) groups is 6. The summed E-state index contributed by atoms with van der Waals surface area (Å²) in [5.41, 5.74) is 0.714. The normalized spacial score (nSPS) is 26.1. The predicted octanol–water partition coefficient (Wildman–Crippen LogP) is 3.64. The lowest BCUT2D eigenvalue weighted by atomic mass is 10.00. The lowest BCUT2D eigenvalue weighted by Crippen LogP contribution is -2.54. The molecule has 0 saturated carbocycles. The molecule has 1 aromatic carbocycles. The molecule has 0 N–H and O–H groups in total. The van der Waals surface area contributed by atoms with E-state index in [1.807, 2.05) is 47.6 Å². The molecular formula is C36H55N3O9. The molecule has 1 saturated heterocycles. The molecule has 1 aromatic rings. The van der Waals surface area contributed by atoms with Crippen molar-refractivity contribution in [3.8, 4) is 0 Å². The summed E-state index contributed by atoms with van der Waals surface area (Å²) in [7, 11) is 4.29. The van der Waals surface area contributed by atoms with Gasteiger partial charge in [0, 0.05) is 27.6 Å². The van der Waals surface area contributed by atoms with Crippen LogP contribution in [0.2, 0.25) is 0 Å². The lowest BCUT2D eigenvalue weighted by Gasteiger charge is -2.35. The van der Waals surface area contributed by atoms with Crippen LogP contribution >= 0.6 is 0 Å². The highest BCUT2D eigenvalue weighted by Gasteiger charge is 2.41. The van der Waals surface area contributed by atoms with E-state index in [-0.39, 0.29) is 43.4 Å². The second-order valence-corrected chi connectivity index (χ2v) is 14.1. The molecule has 1 heterocycles. The Morgan fingerprint density at radius 3 is 1.23 bits per heavy atom. The van der Waals surface area contributed by atoms with Gasteiger partial charge in [0.2, 0.25) is 0 Å². The maximum absolute atomic E-state index is 14.2. The van der Waals surface area contributed by atoms with Gasteiger partial charge in [-0.25, -0.2) is 14.4 Å². The molecule has 0 aliphatic carbocycles. The molecule has 6 atom stereocenters. The Morgan fingerprint density at radius 1 is 0.542 bits per heavy atom. The number of hydrogen-bond acceptors (Lipinski definition) is 9. The molecule has 3 amide bonds. The molecule has 0 unspecified atom stereocenters. The number of esters is 3. The topological polar surface area (TPSA) is 140 Å². The van der Waals surface area contributed by atoms with Crippen LogP contribution in [0.5, 0.6) is 0 Å². The number of amides is 3. The smallest absolute Gasteiger partial charge is 0.329 e. The van der Waals surface area contributed by atoms with Crippen LogP contribution in [0.25, 0.3) is 0 Å². The standard InChI is InChI=1S/C36H55N3O9/c1-21(2)17-27-34(43)46-25(8)32(41)38(10)29(19-23(5)6)36(45)48-30(20-26-15-13-12-14-16-26)33(42)39(11)28(18-22(3)4)35(44)47-24(7)31(40)37(27)9/h12-16,21-25,27-30H,17-20H2,1-11H3/t24-,25-,27+,28+,29+,30-/m1/s1. The van der Waals surface area contributed by atoms with E-state index in [4.69, 9.17) is 14.2 Å². The van der Waals surface area contributed by atoms with E-state index in [9.17, 15) is 28.8 Å². The van der Waals surface area contributed by atoms with Gasteiger partial charge in [-0.3, -0.25) is 14.4 Å². The fourth-order valence-corrected chi connectivity index (χ4v) is 5.67. The summed E-state index contributed by atoms with van der Waals surface area (Å²) in [5.74, 6) is -4.48. The van der Waals surface area contributed by atoms with Crippen LogP contribution in [0.4, 0.5) is 0 Å². The molecule has 1 aliphatic heterocycles. The van der Waals surface area contributed by atoms with E-state index in [1.54, 1.807) is 24.3 Å². The third-order valence-corrected chi connectivity index (χ3v) is 8.42. The van der Waals surface area contributed by atoms with Crippen LogP contribution in [-0.2, 0) is 49.4 Å². The van der Waals surface area contributed by atoms with Crippen molar-refractivity contribution in [2.75, 3.05) is 21.1 Å². The highest BCUT2D eigenvalue weighted by Crippen LogP contribution is 2.22. The summed E-state index contributed by atoms with van der Waals surface area (Å²) in [4.78, 5) is 86.0. The van der Waals surface area contributed by atoms with Crippen LogP contribution in [-0.4, -0.2) is 108 Å². The SMILES string of the molecule is CC(C)C[C@H]1C(=O)O[C@H](Cc2ccccc2)C(=O)N(C)[C@@H](CC(C)C)C(=O)O[C@H](C)C(=O)N(C)[C@@H](CC(C)C)C(=O)O[C@H](C)C(=O)N1C. The maximum Gasteiger partial charge on any atom is 0.329 e. The quantitative estimate of drug-likeness (QED) is 0.299. The summed E-state index contributed by atoms with van der Waals surface area (Å²) >= 11 is 0. The zero-order valence-corrected chi connectivity index (χ0v) is 30.4. The third-order valence-electron chi connectivity index (χ3n) is 8.42. The third kappa shape index (κ3) is 11.1. The molecule has 0 radical (unpaired) electrons. The molecule has 12 heteroatoms. The molecule has 0 spiro atoms. The number of cyclic esters (lactones) is 3. The second kappa shape index (κ2) is 18.0. The Labute approximate surface area is 285 Å². The van der Waals surface area contributed by atoms with E-state index >= 15 is 0 Å². The Hall–Kier alpha value is -3.96. The van der Waals surface area contributed by atoms with Gasteiger partial charge in [-0.15, -0.1) is 0 Å². The van der Waals surface area contributed by atoms with Gasteiger partial charge in [0.25, 0.3) is 17.7 Å². The minimum absolute atomic E-state index is 0.0101. The second-order valence-electron chi connectivity index (χ2n) is 14.1. The molecule has 0 bridgehead atoms. The van der Waals surface area contributed by atoms with Crippen LogP contribution in [0.15, 0.2) is 30.3 Å². The summed E-state index contributed by atoms with van der Waals surface area (Å²) in [5, 5.41) is 0. The van der Waals surface area contributed by atoms with Crippen molar-refractivity contribution >= 4 is 35.6 Å². The van der Waals surface area contributed by atoms with Crippen molar-refractivity contribution in [2.45, 2.75) is 118 Å². The van der Waals surface area contributed by atoms with Gasteiger partial charge in [-0.05, 0) is 56.4 Å². The molecule has 12 nitrogen and oxygen atoms in total. The lowest BCUT2D eigenvalue weighted by molar-refractivity contribution is -0.176. The molecular weight excluding hydrogens is 618 g/mol. The average molecular weight is 674 g/mol. The number of benzene rings is 1. The van der Waals surface area contributed by atoms with Gasteiger partial charge in [-0.1, -0.05) is 71.9 Å². The zero-order chi connectivity index (χ0) is 36.5. The fraction of sp³-hybridized carbons (Fsp3) is 0.667. The van der Waals surface area contributed by atoms with Crippen LogP contribution in [0.3, 0.4) is 0 Å². The Kier molecular flexibility index (Phi) is 15.1. The molecule has 1 fully saturated rings. The highest BCUT2D eigenvalue weighted by molar-refractivity contribution is 5.93. The number of hydrogen-bond donors (Lipinski definition) is 0. The van der Waals surface area contributed by atoms with E-state index < -0.39 is 72.1 Å². The van der Waals surface area contributed by atoms with Gasteiger partial charge in [0.1, 0.15) is 18.1 Å². The van der Waals surface area contributed by atoms with E-state index in [0.717, 1.165) is 0 Å². The predicted molar refractivity (Wildman–Crippen MR) is 179 cm³/mol. The van der Waals surface area contributed by atoms with E-state index in [2.05, 4.69) is 0 Å². The van der Waals surface area contributed by atoms with E-state index in [0.29, 0.717) is 5.56 Å². The molecule has 268 valence electrons. The first-order chi connectivity index (χ1) is 22.3. The first-order valence-corrected chi connectivity index (χ1v) is 16.8. The number of rotatable bonds is 8. The zero-order valence-electron chi connectivity index (χ0n) is 30.4. The minimum Gasteiger partial charge on any atom is -0.451 e.